The minimum absolute atomic E-state index is 0.0299. The zero-order valence-electron chi connectivity index (χ0n) is 10.4. The highest BCUT2D eigenvalue weighted by Gasteiger charge is 2.17. The molecule has 2 aromatic rings. The molecule has 19 heavy (non-hydrogen) atoms. The van der Waals surface area contributed by atoms with Crippen LogP contribution in [0, 0.1) is 0 Å². The molecule has 0 amide bonds. The number of fused-ring (bicyclic) bond motifs is 1. The molecule has 0 aliphatic carbocycles. The molecule has 5 heteroatoms. The number of benzene rings is 2. The van der Waals surface area contributed by atoms with E-state index in [0.29, 0.717) is 5.39 Å². The Morgan fingerprint density at radius 2 is 2.05 bits per heavy atom. The van der Waals surface area contributed by atoms with E-state index in [1.54, 1.807) is 23.9 Å². The number of hydrogen-bond donors (Lipinski definition) is 2. The van der Waals surface area contributed by atoms with Gasteiger partial charge in [-0.25, -0.2) is 4.79 Å². The molecule has 0 aliphatic rings. The average molecular weight is 294 g/mol. The Kier molecular flexibility index (Phi) is 4.61. The number of carbonyl (C=O) groups excluding carboxylic acids is 1. The van der Waals surface area contributed by atoms with Crippen molar-refractivity contribution in [2.45, 2.75) is 4.90 Å². The van der Waals surface area contributed by atoms with Crippen molar-refractivity contribution in [3.63, 3.8) is 0 Å². The summed E-state index contributed by atoms with van der Waals surface area (Å²) in [5.41, 5.74) is 0.197. The second-order valence-corrected chi connectivity index (χ2v) is 5.46. The third-order valence-corrected chi connectivity index (χ3v) is 4.32. The molecule has 0 spiro atoms. The average Bonchev–Trinajstić information content (AvgIpc) is 2.46. The van der Waals surface area contributed by atoms with Crippen LogP contribution in [0.2, 0.25) is 0 Å². The Labute approximate surface area is 121 Å². The van der Waals surface area contributed by atoms with Gasteiger partial charge in [0.15, 0.2) is 0 Å². The van der Waals surface area contributed by atoms with E-state index >= 15 is 0 Å². The molecule has 0 atom stereocenters. The van der Waals surface area contributed by atoms with E-state index in [1.807, 2.05) is 18.2 Å². The van der Waals surface area contributed by atoms with Crippen LogP contribution in [0.4, 0.5) is 0 Å². The molecule has 0 radical (unpaired) electrons. The Balaban J connectivity index is 2.65. The number of ether oxygens (including phenoxy) is 1. The standard InChI is InChI=1S/C14H14O3S2/c1-17-14(16)11-8-12(19-7-6-18)9-4-2-3-5-10(9)13(11)15/h2-5,8,15,18H,6-7H2,1H3. The van der Waals surface area contributed by atoms with E-state index in [0.717, 1.165) is 21.8 Å². The second kappa shape index (κ2) is 6.21. The summed E-state index contributed by atoms with van der Waals surface area (Å²) in [4.78, 5) is 12.6. The predicted molar refractivity (Wildman–Crippen MR) is 81.5 cm³/mol. The normalized spacial score (nSPS) is 10.6. The monoisotopic (exact) mass is 294 g/mol. The summed E-state index contributed by atoms with van der Waals surface area (Å²) >= 11 is 5.79. The lowest BCUT2D eigenvalue weighted by atomic mass is 10.1. The fourth-order valence-corrected chi connectivity index (χ4v) is 2.99. The number of aromatic hydroxyl groups is 1. The van der Waals surface area contributed by atoms with Crippen LogP contribution in [-0.4, -0.2) is 29.7 Å². The van der Waals surface area contributed by atoms with Crippen LogP contribution >= 0.6 is 24.4 Å². The van der Waals surface area contributed by atoms with Crippen LogP contribution in [0.3, 0.4) is 0 Å². The number of rotatable bonds is 4. The van der Waals surface area contributed by atoms with E-state index < -0.39 is 5.97 Å². The van der Waals surface area contributed by atoms with Gasteiger partial charge in [0.25, 0.3) is 0 Å². The van der Waals surface area contributed by atoms with Gasteiger partial charge in [0, 0.05) is 16.0 Å². The minimum Gasteiger partial charge on any atom is -0.506 e. The van der Waals surface area contributed by atoms with Gasteiger partial charge in [-0.2, -0.15) is 12.6 Å². The number of phenolic OH excluding ortho intramolecular Hbond substituents is 1. The molecule has 0 aromatic heterocycles. The fraction of sp³-hybridized carbons (Fsp3) is 0.214. The smallest absolute Gasteiger partial charge is 0.341 e. The van der Waals surface area contributed by atoms with Crippen LogP contribution in [0.5, 0.6) is 5.75 Å². The predicted octanol–water partition coefficient (Wildman–Crippen LogP) is 3.35. The van der Waals surface area contributed by atoms with Crippen molar-refractivity contribution >= 4 is 41.1 Å². The number of thiol groups is 1. The maximum Gasteiger partial charge on any atom is 0.341 e. The SMILES string of the molecule is COC(=O)c1cc(SCCS)c2ccccc2c1O. The van der Waals surface area contributed by atoms with Crippen molar-refractivity contribution in [3.05, 3.63) is 35.9 Å². The Bertz CT molecular complexity index is 611. The highest BCUT2D eigenvalue weighted by atomic mass is 32.2. The lowest BCUT2D eigenvalue weighted by Crippen LogP contribution is -2.02. The highest BCUT2D eigenvalue weighted by molar-refractivity contribution is 8.00. The van der Waals surface area contributed by atoms with Gasteiger partial charge < -0.3 is 9.84 Å². The molecule has 0 unspecified atom stereocenters. The summed E-state index contributed by atoms with van der Waals surface area (Å²) in [6.45, 7) is 0. The summed E-state index contributed by atoms with van der Waals surface area (Å²) < 4.78 is 4.70. The van der Waals surface area contributed by atoms with Crippen molar-refractivity contribution in [2.75, 3.05) is 18.6 Å². The third kappa shape index (κ3) is 2.82. The van der Waals surface area contributed by atoms with Gasteiger partial charge in [0.2, 0.25) is 0 Å². The number of hydrogen-bond acceptors (Lipinski definition) is 5. The molecule has 0 heterocycles. The van der Waals surface area contributed by atoms with E-state index in [1.165, 1.54) is 7.11 Å². The maximum absolute atomic E-state index is 11.7. The maximum atomic E-state index is 11.7. The summed E-state index contributed by atoms with van der Waals surface area (Å²) in [6.07, 6.45) is 0. The summed E-state index contributed by atoms with van der Waals surface area (Å²) in [5, 5.41) is 11.8. The number of carbonyl (C=O) groups is 1. The first-order valence-corrected chi connectivity index (χ1v) is 7.37. The van der Waals surface area contributed by atoms with E-state index in [4.69, 9.17) is 4.74 Å². The molecule has 0 saturated heterocycles. The summed E-state index contributed by atoms with van der Waals surface area (Å²) in [6, 6.07) is 9.14. The van der Waals surface area contributed by atoms with Crippen molar-refractivity contribution in [1.82, 2.24) is 0 Å². The van der Waals surface area contributed by atoms with Gasteiger partial charge >= 0.3 is 5.97 Å². The number of phenols is 1. The Morgan fingerprint density at radius 3 is 2.68 bits per heavy atom. The van der Waals surface area contributed by atoms with Crippen molar-refractivity contribution in [3.8, 4) is 5.75 Å². The molecule has 2 aromatic carbocycles. The van der Waals surface area contributed by atoms with Crippen LogP contribution in [0.1, 0.15) is 10.4 Å². The van der Waals surface area contributed by atoms with Crippen LogP contribution < -0.4 is 0 Å². The molecule has 3 nitrogen and oxygen atoms in total. The lowest BCUT2D eigenvalue weighted by molar-refractivity contribution is 0.0597. The summed E-state index contributed by atoms with van der Waals surface area (Å²) in [7, 11) is 1.30. The Morgan fingerprint density at radius 1 is 1.37 bits per heavy atom. The van der Waals surface area contributed by atoms with Crippen molar-refractivity contribution in [2.24, 2.45) is 0 Å². The van der Waals surface area contributed by atoms with Gasteiger partial charge in [-0.05, 0) is 17.2 Å². The van der Waals surface area contributed by atoms with E-state index in [-0.39, 0.29) is 11.3 Å². The Hall–Kier alpha value is -1.33. The highest BCUT2D eigenvalue weighted by Crippen LogP contribution is 2.36. The molecule has 0 saturated carbocycles. The first-order valence-electron chi connectivity index (χ1n) is 5.75. The van der Waals surface area contributed by atoms with Crippen molar-refractivity contribution in [1.29, 1.82) is 0 Å². The largest absolute Gasteiger partial charge is 0.506 e. The van der Waals surface area contributed by atoms with Gasteiger partial charge in [-0.15, -0.1) is 11.8 Å². The van der Waals surface area contributed by atoms with Crippen LogP contribution in [0.15, 0.2) is 35.2 Å². The zero-order chi connectivity index (χ0) is 13.8. The number of thioether (sulfide) groups is 1. The molecule has 0 bridgehead atoms. The molecule has 0 fully saturated rings. The second-order valence-electron chi connectivity index (χ2n) is 3.88. The van der Waals surface area contributed by atoms with E-state index in [9.17, 15) is 9.90 Å². The minimum atomic E-state index is -0.532. The van der Waals surface area contributed by atoms with Gasteiger partial charge in [0.1, 0.15) is 11.3 Å². The van der Waals surface area contributed by atoms with Crippen LogP contribution in [-0.2, 0) is 4.74 Å². The molecule has 100 valence electrons. The summed E-state index contributed by atoms with van der Waals surface area (Å²) in [5.74, 6) is 1.01. The van der Waals surface area contributed by atoms with E-state index in [2.05, 4.69) is 12.6 Å². The molecular formula is C14H14O3S2. The lowest BCUT2D eigenvalue weighted by Gasteiger charge is -2.11. The number of esters is 1. The van der Waals surface area contributed by atoms with Gasteiger partial charge in [-0.1, -0.05) is 24.3 Å². The molecule has 1 N–H and O–H groups in total. The zero-order valence-corrected chi connectivity index (χ0v) is 12.1. The van der Waals surface area contributed by atoms with Crippen molar-refractivity contribution < 1.29 is 14.6 Å². The first-order chi connectivity index (χ1) is 9.19. The third-order valence-electron chi connectivity index (χ3n) is 2.73. The number of methoxy groups -OCH3 is 1. The molecule has 0 aliphatic heterocycles. The van der Waals surface area contributed by atoms with Gasteiger partial charge in [-0.3, -0.25) is 0 Å². The molecule has 2 rings (SSSR count). The molecular weight excluding hydrogens is 280 g/mol. The topological polar surface area (TPSA) is 46.5 Å². The van der Waals surface area contributed by atoms with Crippen LogP contribution in [0.25, 0.3) is 10.8 Å². The quantitative estimate of drug-likeness (QED) is 0.516. The van der Waals surface area contributed by atoms with Gasteiger partial charge in [0.05, 0.1) is 7.11 Å². The first kappa shape index (κ1) is 14.1. The fourth-order valence-electron chi connectivity index (χ4n) is 1.87.